The van der Waals surface area contributed by atoms with Gasteiger partial charge in [0.1, 0.15) is 10.6 Å². The molecule has 0 radical (unpaired) electrons. The molecular weight excluding hydrogens is 314 g/mol. The number of aryl methyl sites for hydroxylation is 1. The number of anilines is 1. The largest absolute Gasteiger partial charge is 0.369 e. The summed E-state index contributed by atoms with van der Waals surface area (Å²) < 4.78 is 0. The molecule has 0 saturated carbocycles. The maximum Gasteiger partial charge on any atom is 0.225 e. The van der Waals surface area contributed by atoms with Gasteiger partial charge in [-0.15, -0.1) is 11.3 Å². The van der Waals surface area contributed by atoms with E-state index in [9.17, 15) is 0 Å². The van der Waals surface area contributed by atoms with Gasteiger partial charge in [-0.25, -0.2) is 9.97 Å². The van der Waals surface area contributed by atoms with Crippen molar-refractivity contribution in [2.75, 3.05) is 11.9 Å². The molecule has 0 atom stereocenters. The maximum atomic E-state index is 6.04. The Hall–Kier alpha value is -1.65. The molecule has 0 bridgehead atoms. The third-order valence-electron chi connectivity index (χ3n) is 3.62. The van der Waals surface area contributed by atoms with E-state index in [1.807, 2.05) is 0 Å². The molecule has 0 aliphatic heterocycles. The van der Waals surface area contributed by atoms with Gasteiger partial charge in [0, 0.05) is 17.5 Å². The van der Waals surface area contributed by atoms with Crippen molar-refractivity contribution in [2.45, 2.75) is 26.7 Å². The zero-order chi connectivity index (χ0) is 15.5. The summed E-state index contributed by atoms with van der Waals surface area (Å²) >= 11 is 7.65. The third kappa shape index (κ3) is 2.94. The Morgan fingerprint density at radius 3 is 2.59 bits per heavy atom. The molecule has 0 aliphatic carbocycles. The minimum Gasteiger partial charge on any atom is -0.369 e. The van der Waals surface area contributed by atoms with Crippen LogP contribution >= 0.6 is 22.9 Å². The van der Waals surface area contributed by atoms with Crippen LogP contribution < -0.4 is 5.32 Å². The molecular formula is C17H18ClN3S. The van der Waals surface area contributed by atoms with E-state index >= 15 is 0 Å². The highest BCUT2D eigenvalue weighted by Crippen LogP contribution is 2.37. The number of halogens is 1. The summed E-state index contributed by atoms with van der Waals surface area (Å²) in [6.07, 6.45) is 2.08. The molecule has 114 valence electrons. The number of rotatable bonds is 5. The highest BCUT2D eigenvalue weighted by Gasteiger charge is 2.14. The van der Waals surface area contributed by atoms with Crippen molar-refractivity contribution in [1.82, 2.24) is 9.97 Å². The number of nitrogens with one attached hydrogen (secondary N) is 1. The molecule has 2 aromatic heterocycles. The second kappa shape index (κ2) is 6.63. The van der Waals surface area contributed by atoms with Crippen molar-refractivity contribution in [3.63, 3.8) is 0 Å². The summed E-state index contributed by atoms with van der Waals surface area (Å²) in [6.45, 7) is 5.16. The van der Waals surface area contributed by atoms with Gasteiger partial charge in [0.05, 0.1) is 5.39 Å². The van der Waals surface area contributed by atoms with Gasteiger partial charge >= 0.3 is 0 Å². The van der Waals surface area contributed by atoms with Crippen LogP contribution in [-0.2, 0) is 6.42 Å². The standard InChI is InChI=1S/C17H18ClN3S/c1-3-9-19-15-14-13(10-22-16(14)21-17(18)20-15)12-7-5-11(4-2)6-8-12/h5-8,10H,3-4,9H2,1-2H3,(H,19,20,21). The zero-order valence-corrected chi connectivity index (χ0v) is 14.3. The number of hydrogen-bond donors (Lipinski definition) is 1. The van der Waals surface area contributed by atoms with Crippen LogP contribution in [0.2, 0.25) is 5.28 Å². The smallest absolute Gasteiger partial charge is 0.225 e. The first kappa shape index (κ1) is 15.3. The first-order valence-electron chi connectivity index (χ1n) is 7.50. The predicted molar refractivity (Wildman–Crippen MR) is 96.0 cm³/mol. The molecule has 0 saturated heterocycles. The van der Waals surface area contributed by atoms with Crippen LogP contribution in [0.25, 0.3) is 21.3 Å². The second-order valence-corrected chi connectivity index (χ2v) is 6.34. The number of nitrogens with zero attached hydrogens (tertiary/aromatic N) is 2. The van der Waals surface area contributed by atoms with E-state index in [-0.39, 0.29) is 0 Å². The minimum absolute atomic E-state index is 0.292. The Morgan fingerprint density at radius 1 is 1.14 bits per heavy atom. The van der Waals surface area contributed by atoms with Crippen molar-refractivity contribution >= 4 is 39.0 Å². The fourth-order valence-electron chi connectivity index (χ4n) is 2.42. The van der Waals surface area contributed by atoms with Crippen LogP contribution in [0, 0.1) is 0 Å². The number of aromatic nitrogens is 2. The third-order valence-corrected chi connectivity index (χ3v) is 4.66. The first-order chi connectivity index (χ1) is 10.7. The molecule has 5 heteroatoms. The topological polar surface area (TPSA) is 37.8 Å². The lowest BCUT2D eigenvalue weighted by molar-refractivity contribution is 0.970. The molecule has 1 N–H and O–H groups in total. The van der Waals surface area contributed by atoms with Crippen LogP contribution in [0.3, 0.4) is 0 Å². The van der Waals surface area contributed by atoms with Gasteiger partial charge < -0.3 is 5.32 Å². The van der Waals surface area contributed by atoms with Gasteiger partial charge in [-0.1, -0.05) is 38.1 Å². The Balaban J connectivity index is 2.12. The lowest BCUT2D eigenvalue weighted by Crippen LogP contribution is -2.03. The van der Waals surface area contributed by atoms with Crippen molar-refractivity contribution in [2.24, 2.45) is 0 Å². The summed E-state index contributed by atoms with van der Waals surface area (Å²) in [6, 6.07) is 8.68. The fourth-order valence-corrected chi connectivity index (χ4v) is 3.59. The minimum atomic E-state index is 0.292. The lowest BCUT2D eigenvalue weighted by Gasteiger charge is -2.08. The van der Waals surface area contributed by atoms with Gasteiger partial charge in [-0.3, -0.25) is 0 Å². The summed E-state index contributed by atoms with van der Waals surface area (Å²) in [5.74, 6) is 0.827. The molecule has 0 unspecified atom stereocenters. The van der Waals surface area contributed by atoms with Crippen LogP contribution in [-0.4, -0.2) is 16.5 Å². The molecule has 22 heavy (non-hydrogen) atoms. The fraction of sp³-hybridized carbons (Fsp3) is 0.294. The van der Waals surface area contributed by atoms with Gasteiger partial charge in [-0.2, -0.15) is 0 Å². The van der Waals surface area contributed by atoms with E-state index in [1.54, 1.807) is 11.3 Å². The maximum absolute atomic E-state index is 6.04. The van der Waals surface area contributed by atoms with Crippen molar-refractivity contribution in [3.8, 4) is 11.1 Å². The zero-order valence-electron chi connectivity index (χ0n) is 12.7. The van der Waals surface area contributed by atoms with Crippen molar-refractivity contribution < 1.29 is 0 Å². The number of fused-ring (bicyclic) bond motifs is 1. The molecule has 0 amide bonds. The van der Waals surface area contributed by atoms with Crippen molar-refractivity contribution in [1.29, 1.82) is 0 Å². The molecule has 2 heterocycles. The van der Waals surface area contributed by atoms with Gasteiger partial charge in [0.2, 0.25) is 5.28 Å². The van der Waals surface area contributed by atoms with E-state index in [0.717, 1.165) is 41.0 Å². The highest BCUT2D eigenvalue weighted by molar-refractivity contribution is 7.17. The molecule has 0 aliphatic rings. The van der Waals surface area contributed by atoms with Gasteiger partial charge in [0.15, 0.2) is 0 Å². The normalized spacial score (nSPS) is 11.0. The monoisotopic (exact) mass is 331 g/mol. The van der Waals surface area contributed by atoms with E-state index < -0.39 is 0 Å². The summed E-state index contributed by atoms with van der Waals surface area (Å²) in [5.41, 5.74) is 3.69. The second-order valence-electron chi connectivity index (χ2n) is 5.15. The number of benzene rings is 1. The molecule has 0 spiro atoms. The average Bonchev–Trinajstić information content (AvgIpc) is 2.96. The predicted octanol–water partition coefficient (Wildman–Crippen LogP) is 5.40. The molecule has 3 nitrogen and oxygen atoms in total. The molecule has 0 fully saturated rings. The van der Waals surface area contributed by atoms with Gasteiger partial charge in [-0.05, 0) is 35.6 Å². The Kier molecular flexibility index (Phi) is 4.60. The average molecular weight is 332 g/mol. The first-order valence-corrected chi connectivity index (χ1v) is 8.76. The van der Waals surface area contributed by atoms with Crippen LogP contribution in [0.15, 0.2) is 29.6 Å². The molecule has 3 aromatic rings. The summed E-state index contributed by atoms with van der Waals surface area (Å²) in [4.78, 5) is 9.66. The highest BCUT2D eigenvalue weighted by atomic mass is 35.5. The Morgan fingerprint density at radius 2 is 1.91 bits per heavy atom. The number of thiophene rings is 1. The van der Waals surface area contributed by atoms with Crippen LogP contribution in [0.5, 0.6) is 0 Å². The van der Waals surface area contributed by atoms with Crippen molar-refractivity contribution in [3.05, 3.63) is 40.5 Å². The summed E-state index contributed by atoms with van der Waals surface area (Å²) in [5, 5.41) is 6.86. The molecule has 1 aromatic carbocycles. The van der Waals surface area contributed by atoms with Gasteiger partial charge in [0.25, 0.3) is 0 Å². The lowest BCUT2D eigenvalue weighted by atomic mass is 10.0. The number of hydrogen-bond acceptors (Lipinski definition) is 4. The summed E-state index contributed by atoms with van der Waals surface area (Å²) in [7, 11) is 0. The SMILES string of the molecule is CCCNc1nc(Cl)nc2scc(-c3ccc(CC)cc3)c12. The quantitative estimate of drug-likeness (QED) is 0.636. The van der Waals surface area contributed by atoms with E-state index in [0.29, 0.717) is 5.28 Å². The Bertz CT molecular complexity index is 780. The van der Waals surface area contributed by atoms with Crippen LogP contribution in [0.4, 0.5) is 5.82 Å². The van der Waals surface area contributed by atoms with E-state index in [1.165, 1.54) is 11.1 Å². The Labute approximate surface area is 139 Å². The van der Waals surface area contributed by atoms with E-state index in [2.05, 4.69) is 58.8 Å². The molecule has 3 rings (SSSR count). The van der Waals surface area contributed by atoms with Crippen LogP contribution in [0.1, 0.15) is 25.8 Å². The van der Waals surface area contributed by atoms with E-state index in [4.69, 9.17) is 11.6 Å².